The van der Waals surface area contributed by atoms with Crippen molar-refractivity contribution in [1.29, 1.82) is 0 Å². The van der Waals surface area contributed by atoms with Gasteiger partial charge in [-0.15, -0.1) is 11.3 Å². The lowest BCUT2D eigenvalue weighted by molar-refractivity contribution is -0.118. The second-order valence-corrected chi connectivity index (χ2v) is 10.5. The Balaban J connectivity index is 1.54. The zero-order valence-electron chi connectivity index (χ0n) is 20.5. The van der Waals surface area contributed by atoms with Crippen molar-refractivity contribution in [1.82, 2.24) is 4.68 Å². The number of carbonyl (C=O) groups excluding carboxylic acids is 1. The Morgan fingerprint density at radius 2 is 2.08 bits per heavy atom. The third kappa shape index (κ3) is 6.32. The van der Waals surface area contributed by atoms with Crippen LogP contribution in [0.15, 0.2) is 70.1 Å². The third-order valence-corrected chi connectivity index (χ3v) is 7.27. The average Bonchev–Trinajstić information content (AvgIpc) is 3.33. The van der Waals surface area contributed by atoms with Gasteiger partial charge in [0.25, 0.3) is 5.91 Å². The van der Waals surface area contributed by atoms with E-state index in [1.165, 1.54) is 53.9 Å². The predicted molar refractivity (Wildman–Crippen MR) is 152 cm³/mol. The molecular weight excluding hydrogens is 566 g/mol. The van der Waals surface area contributed by atoms with Crippen LogP contribution in [0.2, 0.25) is 5.02 Å². The lowest BCUT2D eigenvalue weighted by Crippen LogP contribution is -2.25. The lowest BCUT2D eigenvalue weighted by atomic mass is 10.1. The number of hydrogen-bond acceptors (Lipinski definition) is 7. The highest BCUT2D eigenvalue weighted by molar-refractivity contribution is 7.98. The number of rotatable bonds is 8. The summed E-state index contributed by atoms with van der Waals surface area (Å²) in [5, 5.41) is 9.28. The summed E-state index contributed by atoms with van der Waals surface area (Å²) in [7, 11) is 0. The quantitative estimate of drug-likeness (QED) is 0.191. The Kier molecular flexibility index (Phi) is 8.30. The molecule has 200 valence electrons. The Morgan fingerprint density at radius 3 is 2.90 bits per heavy atom. The minimum atomic E-state index is -0.572. The van der Waals surface area contributed by atoms with Gasteiger partial charge in [0.15, 0.2) is 6.61 Å². The summed E-state index contributed by atoms with van der Waals surface area (Å²) in [6.45, 7) is 0.556. The summed E-state index contributed by atoms with van der Waals surface area (Å²) < 4.78 is 40.8. The van der Waals surface area contributed by atoms with Crippen LogP contribution in [-0.4, -0.2) is 42.0 Å². The van der Waals surface area contributed by atoms with Gasteiger partial charge >= 0.3 is 0 Å². The molecular formula is C27H21ClF2N4O3S2. The molecule has 1 amide bonds. The van der Waals surface area contributed by atoms with E-state index in [0.717, 1.165) is 11.3 Å². The molecule has 39 heavy (non-hydrogen) atoms. The molecule has 7 nitrogen and oxygen atoms in total. The topological polar surface area (TPSA) is 77.2 Å². The standard InChI is InChI=1S/C27H21ClF2N4O3S2/c1-38-9-8-31-27-34(23(15-39-27)16-2-6-25-22(11-16)33-26(35)14-36-25)32-13-17-10-18(29)3-7-24(17)37-19-4-5-21(30)20(28)12-19/h2-7,10-13,15H,8-9,14H2,1H3,(H,33,35)/b31-27?,32-13+. The highest BCUT2D eigenvalue weighted by Crippen LogP contribution is 2.33. The van der Waals surface area contributed by atoms with E-state index in [9.17, 15) is 13.6 Å². The Hall–Kier alpha value is -3.67. The summed E-state index contributed by atoms with van der Waals surface area (Å²) in [6, 6.07) is 13.4. The second-order valence-electron chi connectivity index (χ2n) is 8.24. The zero-order chi connectivity index (χ0) is 27.4. The van der Waals surface area contributed by atoms with Gasteiger partial charge in [0.1, 0.15) is 28.9 Å². The minimum absolute atomic E-state index is 0.0320. The van der Waals surface area contributed by atoms with E-state index >= 15 is 0 Å². The number of benzene rings is 3. The molecule has 1 N–H and O–H groups in total. The van der Waals surface area contributed by atoms with E-state index in [1.54, 1.807) is 28.6 Å². The first-order valence-corrected chi connectivity index (χ1v) is 14.3. The van der Waals surface area contributed by atoms with Gasteiger partial charge in [0.05, 0.1) is 29.2 Å². The van der Waals surface area contributed by atoms with Crippen LogP contribution in [0.1, 0.15) is 5.56 Å². The molecule has 0 fully saturated rings. The highest BCUT2D eigenvalue weighted by Gasteiger charge is 2.18. The van der Waals surface area contributed by atoms with E-state index in [1.807, 2.05) is 17.7 Å². The summed E-state index contributed by atoms with van der Waals surface area (Å²) in [5.74, 6) is 0.721. The molecule has 5 rings (SSSR count). The van der Waals surface area contributed by atoms with E-state index in [4.69, 9.17) is 21.1 Å². The van der Waals surface area contributed by atoms with Crippen molar-refractivity contribution in [3.8, 4) is 28.5 Å². The first-order chi connectivity index (χ1) is 18.9. The van der Waals surface area contributed by atoms with Gasteiger partial charge in [-0.2, -0.15) is 16.9 Å². The van der Waals surface area contributed by atoms with Crippen LogP contribution in [0.5, 0.6) is 17.2 Å². The molecule has 0 saturated heterocycles. The fraction of sp³-hybridized carbons (Fsp3) is 0.148. The molecule has 0 aliphatic carbocycles. The van der Waals surface area contributed by atoms with E-state index in [0.29, 0.717) is 39.8 Å². The van der Waals surface area contributed by atoms with Crippen molar-refractivity contribution in [2.24, 2.45) is 10.1 Å². The third-order valence-electron chi connectivity index (χ3n) is 5.54. The lowest BCUT2D eigenvalue weighted by Gasteiger charge is -2.18. The normalized spacial score (nSPS) is 13.3. The number of nitrogens with zero attached hydrogens (tertiary/aromatic N) is 3. The van der Waals surface area contributed by atoms with Crippen LogP contribution < -0.4 is 19.6 Å². The average molecular weight is 587 g/mol. The number of carbonyl (C=O) groups is 1. The number of aromatic nitrogens is 1. The largest absolute Gasteiger partial charge is 0.482 e. The maximum Gasteiger partial charge on any atom is 0.262 e. The van der Waals surface area contributed by atoms with Crippen molar-refractivity contribution < 1.29 is 23.0 Å². The van der Waals surface area contributed by atoms with Crippen molar-refractivity contribution in [2.45, 2.75) is 0 Å². The predicted octanol–water partition coefficient (Wildman–Crippen LogP) is 6.42. The molecule has 1 aromatic heterocycles. The zero-order valence-corrected chi connectivity index (χ0v) is 22.9. The van der Waals surface area contributed by atoms with Crippen molar-refractivity contribution in [3.63, 3.8) is 0 Å². The fourth-order valence-corrected chi connectivity index (χ4v) is 5.00. The van der Waals surface area contributed by atoms with Gasteiger partial charge in [-0.3, -0.25) is 9.79 Å². The molecule has 0 atom stereocenters. The van der Waals surface area contributed by atoms with Crippen molar-refractivity contribution in [2.75, 3.05) is 30.5 Å². The summed E-state index contributed by atoms with van der Waals surface area (Å²) in [6.07, 6.45) is 3.47. The van der Waals surface area contributed by atoms with Gasteiger partial charge in [0, 0.05) is 28.3 Å². The van der Waals surface area contributed by atoms with Gasteiger partial charge in [-0.05, 0) is 54.8 Å². The SMILES string of the molecule is CSCCN=c1scc(-c2ccc3c(c2)NC(=O)CO3)n1/N=C/c1cc(F)ccc1Oc1ccc(F)c(Cl)c1. The minimum Gasteiger partial charge on any atom is -0.482 e. The van der Waals surface area contributed by atoms with Crippen LogP contribution in [0.3, 0.4) is 0 Å². The molecule has 2 heterocycles. The van der Waals surface area contributed by atoms with E-state index < -0.39 is 11.6 Å². The maximum atomic E-state index is 14.2. The highest BCUT2D eigenvalue weighted by atomic mass is 35.5. The van der Waals surface area contributed by atoms with E-state index in [-0.39, 0.29) is 23.3 Å². The van der Waals surface area contributed by atoms with E-state index in [2.05, 4.69) is 15.4 Å². The number of fused-ring (bicyclic) bond motifs is 1. The molecule has 0 spiro atoms. The molecule has 0 radical (unpaired) electrons. The van der Waals surface area contributed by atoms with Crippen LogP contribution in [0, 0.1) is 11.6 Å². The summed E-state index contributed by atoms with van der Waals surface area (Å²) >= 11 is 8.97. The smallest absolute Gasteiger partial charge is 0.262 e. The molecule has 4 aromatic rings. The number of ether oxygens (including phenoxy) is 2. The number of hydrogen-bond donors (Lipinski definition) is 1. The Bertz CT molecular complexity index is 1640. The number of amides is 1. The van der Waals surface area contributed by atoms with Gasteiger partial charge < -0.3 is 14.8 Å². The molecule has 1 aliphatic rings. The summed E-state index contributed by atoms with van der Waals surface area (Å²) in [4.78, 5) is 17.1. The van der Waals surface area contributed by atoms with Gasteiger partial charge in [-0.1, -0.05) is 11.6 Å². The number of thioether (sulfide) groups is 1. The van der Waals surface area contributed by atoms with Crippen LogP contribution in [-0.2, 0) is 4.79 Å². The molecule has 0 bridgehead atoms. The number of halogens is 3. The first kappa shape index (κ1) is 26.9. The fourth-order valence-electron chi connectivity index (χ4n) is 3.69. The van der Waals surface area contributed by atoms with Gasteiger partial charge in [0.2, 0.25) is 4.80 Å². The van der Waals surface area contributed by atoms with Crippen LogP contribution >= 0.6 is 34.7 Å². The molecule has 1 aliphatic heterocycles. The van der Waals surface area contributed by atoms with Crippen molar-refractivity contribution >= 4 is 52.5 Å². The monoisotopic (exact) mass is 586 g/mol. The first-order valence-electron chi connectivity index (χ1n) is 11.6. The maximum absolute atomic E-state index is 14.2. The molecule has 0 saturated carbocycles. The number of nitrogens with one attached hydrogen (secondary N) is 1. The van der Waals surface area contributed by atoms with Crippen LogP contribution in [0.25, 0.3) is 11.3 Å². The summed E-state index contributed by atoms with van der Waals surface area (Å²) in [5.41, 5.74) is 2.40. The van der Waals surface area contributed by atoms with Crippen LogP contribution in [0.4, 0.5) is 14.5 Å². The molecule has 3 aromatic carbocycles. The second kappa shape index (κ2) is 12.0. The van der Waals surface area contributed by atoms with Crippen molar-refractivity contribution in [3.05, 3.63) is 87.0 Å². The molecule has 12 heteroatoms. The molecule has 0 unspecified atom stereocenters. The Labute approximate surface area is 235 Å². The van der Waals surface area contributed by atoms with Gasteiger partial charge in [-0.25, -0.2) is 13.5 Å². The number of thiazole rings is 1. The Morgan fingerprint density at radius 1 is 1.21 bits per heavy atom. The number of anilines is 1.